The Morgan fingerprint density at radius 1 is 1.50 bits per heavy atom. The van der Waals surface area contributed by atoms with Crippen molar-refractivity contribution in [1.82, 2.24) is 0 Å². The fourth-order valence-corrected chi connectivity index (χ4v) is 1.35. The van der Waals surface area contributed by atoms with E-state index < -0.39 is 0 Å². The lowest BCUT2D eigenvalue weighted by atomic mass is 10.0. The summed E-state index contributed by atoms with van der Waals surface area (Å²) in [6, 6.07) is 0. The molecule has 0 aliphatic carbocycles. The largest absolute Gasteiger partial charge is 0.424 e. The van der Waals surface area contributed by atoms with Gasteiger partial charge in [-0.3, -0.25) is 0 Å². The van der Waals surface area contributed by atoms with Crippen LogP contribution in [0.2, 0.25) is 0 Å². The highest BCUT2D eigenvalue weighted by Gasteiger charge is 2.05. The highest BCUT2D eigenvalue weighted by Crippen LogP contribution is 2.14. The lowest BCUT2D eigenvalue weighted by molar-refractivity contribution is 0.225. The third kappa shape index (κ3) is 4.52. The van der Waals surface area contributed by atoms with Crippen LogP contribution < -0.4 is 0 Å². The highest BCUT2D eigenvalue weighted by molar-refractivity contribution is 5.98. The van der Waals surface area contributed by atoms with Crippen molar-refractivity contribution in [3.05, 3.63) is 23.8 Å². The van der Waals surface area contributed by atoms with Gasteiger partial charge in [0, 0.05) is 0 Å². The molecule has 2 heteroatoms. The van der Waals surface area contributed by atoms with E-state index in [0.29, 0.717) is 6.10 Å². The van der Waals surface area contributed by atoms with Gasteiger partial charge in [-0.1, -0.05) is 17.2 Å². The SMILES string of the molecule is C=CCC(CC(C)=C(C)C)O[SiH3]. The van der Waals surface area contributed by atoms with Gasteiger partial charge in [-0.25, -0.2) is 0 Å². The molecule has 0 rings (SSSR count). The first-order valence-electron chi connectivity index (χ1n) is 4.38. The van der Waals surface area contributed by atoms with Crippen molar-refractivity contribution in [2.24, 2.45) is 0 Å². The summed E-state index contributed by atoms with van der Waals surface area (Å²) in [5, 5.41) is 0. The van der Waals surface area contributed by atoms with Crippen molar-refractivity contribution in [2.45, 2.75) is 39.7 Å². The zero-order valence-electron chi connectivity index (χ0n) is 8.68. The molecule has 1 unspecified atom stereocenters. The summed E-state index contributed by atoms with van der Waals surface area (Å²) >= 11 is 0. The van der Waals surface area contributed by atoms with Crippen LogP contribution in [0.25, 0.3) is 0 Å². The smallest absolute Gasteiger partial charge is 0.146 e. The molecule has 0 aromatic rings. The van der Waals surface area contributed by atoms with E-state index in [1.54, 1.807) is 0 Å². The maximum atomic E-state index is 5.44. The Morgan fingerprint density at radius 2 is 2.08 bits per heavy atom. The molecule has 0 fully saturated rings. The van der Waals surface area contributed by atoms with Gasteiger partial charge >= 0.3 is 0 Å². The van der Waals surface area contributed by atoms with Crippen LogP contribution in [0.4, 0.5) is 0 Å². The second kappa shape index (κ2) is 6.20. The molecule has 1 nitrogen and oxygen atoms in total. The van der Waals surface area contributed by atoms with Crippen molar-refractivity contribution >= 4 is 10.5 Å². The molecule has 12 heavy (non-hydrogen) atoms. The minimum absolute atomic E-state index is 0.365. The monoisotopic (exact) mass is 184 g/mol. The molecular formula is C10H20OSi. The van der Waals surface area contributed by atoms with Gasteiger partial charge in [0.1, 0.15) is 10.5 Å². The van der Waals surface area contributed by atoms with E-state index in [1.807, 2.05) is 6.08 Å². The maximum Gasteiger partial charge on any atom is 0.146 e. The van der Waals surface area contributed by atoms with Gasteiger partial charge in [-0.05, 0) is 33.6 Å². The summed E-state index contributed by atoms with van der Waals surface area (Å²) in [4.78, 5) is 0. The van der Waals surface area contributed by atoms with Gasteiger partial charge in [-0.2, -0.15) is 0 Å². The quantitative estimate of drug-likeness (QED) is 0.469. The van der Waals surface area contributed by atoms with Crippen molar-refractivity contribution in [3.8, 4) is 0 Å². The molecule has 0 saturated carbocycles. The summed E-state index contributed by atoms with van der Waals surface area (Å²) in [5.41, 5.74) is 2.85. The van der Waals surface area contributed by atoms with Crippen LogP contribution in [0.3, 0.4) is 0 Å². The molecule has 0 bridgehead atoms. The highest BCUT2D eigenvalue weighted by atomic mass is 28.2. The molecule has 0 aromatic carbocycles. The van der Waals surface area contributed by atoms with Crippen LogP contribution in [0.1, 0.15) is 33.6 Å². The van der Waals surface area contributed by atoms with Crippen LogP contribution in [0.5, 0.6) is 0 Å². The van der Waals surface area contributed by atoms with Crippen LogP contribution in [-0.4, -0.2) is 16.6 Å². The zero-order valence-corrected chi connectivity index (χ0v) is 10.7. The first-order valence-corrected chi connectivity index (χ1v) is 5.20. The van der Waals surface area contributed by atoms with Gasteiger partial charge in [0.05, 0.1) is 6.10 Å². The molecule has 0 amide bonds. The number of allylic oxidation sites excluding steroid dienone is 1. The molecule has 0 radical (unpaired) electrons. The van der Waals surface area contributed by atoms with E-state index in [2.05, 4.69) is 27.4 Å². The van der Waals surface area contributed by atoms with E-state index in [9.17, 15) is 0 Å². The van der Waals surface area contributed by atoms with E-state index in [1.165, 1.54) is 11.1 Å². The molecule has 0 spiro atoms. The first-order chi connectivity index (χ1) is 5.61. The summed E-state index contributed by atoms with van der Waals surface area (Å²) in [5.74, 6) is 0. The van der Waals surface area contributed by atoms with Gasteiger partial charge < -0.3 is 4.43 Å². The van der Waals surface area contributed by atoms with Gasteiger partial charge in [-0.15, -0.1) is 6.58 Å². The summed E-state index contributed by atoms with van der Waals surface area (Å²) < 4.78 is 5.44. The maximum absolute atomic E-state index is 5.44. The van der Waals surface area contributed by atoms with Crippen molar-refractivity contribution in [1.29, 1.82) is 0 Å². The Labute approximate surface area is 79.1 Å². The topological polar surface area (TPSA) is 9.23 Å². The first kappa shape index (κ1) is 11.7. The standard InChI is InChI=1S/C10H20OSi/c1-5-6-10(11-12)7-9(4)8(2)3/h5,10H,1,6-7H2,2-4,12H3. The van der Waals surface area contributed by atoms with Gasteiger partial charge in [0.15, 0.2) is 0 Å². The summed E-state index contributed by atoms with van der Waals surface area (Å²) in [7, 11) is 0.817. The molecule has 70 valence electrons. The van der Waals surface area contributed by atoms with E-state index in [-0.39, 0.29) is 0 Å². The van der Waals surface area contributed by atoms with Crippen molar-refractivity contribution < 1.29 is 4.43 Å². The van der Waals surface area contributed by atoms with E-state index in [4.69, 9.17) is 4.43 Å². The Bertz CT molecular complexity index is 169. The Balaban J connectivity index is 4.02. The number of hydrogen-bond donors (Lipinski definition) is 0. The number of rotatable bonds is 5. The minimum atomic E-state index is 0.365. The van der Waals surface area contributed by atoms with Crippen LogP contribution >= 0.6 is 0 Å². The third-order valence-electron chi connectivity index (χ3n) is 2.15. The molecule has 0 aromatic heterocycles. The Hall–Kier alpha value is -0.343. The molecular weight excluding hydrogens is 164 g/mol. The Kier molecular flexibility index (Phi) is 6.03. The fourth-order valence-electron chi connectivity index (χ4n) is 0.994. The van der Waals surface area contributed by atoms with Crippen molar-refractivity contribution in [2.75, 3.05) is 0 Å². The average molecular weight is 184 g/mol. The van der Waals surface area contributed by atoms with E-state index in [0.717, 1.165) is 23.3 Å². The van der Waals surface area contributed by atoms with Crippen LogP contribution in [0.15, 0.2) is 23.8 Å². The summed E-state index contributed by atoms with van der Waals surface area (Å²) in [6.07, 6.45) is 4.32. The molecule has 0 aliphatic heterocycles. The molecule has 0 N–H and O–H groups in total. The lowest BCUT2D eigenvalue weighted by Gasteiger charge is -2.14. The fraction of sp³-hybridized carbons (Fsp3) is 0.600. The van der Waals surface area contributed by atoms with Crippen LogP contribution in [-0.2, 0) is 4.43 Å². The van der Waals surface area contributed by atoms with Crippen molar-refractivity contribution in [3.63, 3.8) is 0 Å². The van der Waals surface area contributed by atoms with Gasteiger partial charge in [0.25, 0.3) is 0 Å². The van der Waals surface area contributed by atoms with Crippen LogP contribution in [0, 0.1) is 0 Å². The lowest BCUT2D eigenvalue weighted by Crippen LogP contribution is -2.10. The van der Waals surface area contributed by atoms with E-state index >= 15 is 0 Å². The third-order valence-corrected chi connectivity index (χ3v) is 2.82. The Morgan fingerprint density at radius 3 is 2.42 bits per heavy atom. The normalized spacial score (nSPS) is 12.6. The minimum Gasteiger partial charge on any atom is -0.424 e. The molecule has 0 heterocycles. The predicted molar refractivity (Wildman–Crippen MR) is 58.3 cm³/mol. The molecule has 0 saturated heterocycles. The average Bonchev–Trinajstić information content (AvgIpc) is 2.03. The molecule has 0 aliphatic rings. The summed E-state index contributed by atoms with van der Waals surface area (Å²) in [6.45, 7) is 10.2. The second-order valence-corrected chi connectivity index (χ2v) is 3.84. The van der Waals surface area contributed by atoms with Gasteiger partial charge in [0.2, 0.25) is 0 Å². The zero-order chi connectivity index (χ0) is 9.56. The molecule has 1 atom stereocenters. The number of hydrogen-bond acceptors (Lipinski definition) is 1. The predicted octanol–water partition coefficient (Wildman–Crippen LogP) is 1.97. The second-order valence-electron chi connectivity index (χ2n) is 3.37.